The SMILES string of the molecule is CCC(OC)c1n[nH]c(CO)n1. The van der Waals surface area contributed by atoms with Crippen molar-refractivity contribution in [2.75, 3.05) is 7.11 Å². The first-order chi connectivity index (χ1) is 5.81. The molecule has 0 bridgehead atoms. The van der Waals surface area contributed by atoms with E-state index in [1.807, 2.05) is 6.92 Å². The second kappa shape index (κ2) is 4.18. The fraction of sp³-hybridized carbons (Fsp3) is 0.714. The Morgan fingerprint density at radius 3 is 2.83 bits per heavy atom. The molecular weight excluding hydrogens is 158 g/mol. The van der Waals surface area contributed by atoms with Crippen LogP contribution < -0.4 is 0 Å². The lowest BCUT2D eigenvalue weighted by atomic mass is 10.3. The lowest BCUT2D eigenvalue weighted by Gasteiger charge is -2.06. The van der Waals surface area contributed by atoms with Crippen molar-refractivity contribution in [1.82, 2.24) is 15.2 Å². The number of rotatable bonds is 4. The van der Waals surface area contributed by atoms with Crippen LogP contribution in [0.4, 0.5) is 0 Å². The summed E-state index contributed by atoms with van der Waals surface area (Å²) >= 11 is 0. The van der Waals surface area contributed by atoms with E-state index in [2.05, 4.69) is 15.2 Å². The van der Waals surface area contributed by atoms with Gasteiger partial charge in [-0.05, 0) is 6.42 Å². The van der Waals surface area contributed by atoms with Gasteiger partial charge in [-0.25, -0.2) is 4.98 Å². The third kappa shape index (κ3) is 1.80. The molecule has 0 saturated heterocycles. The Bertz CT molecular complexity index is 232. The molecule has 0 spiro atoms. The standard InChI is InChI=1S/C7H13N3O2/c1-3-5(12-2)7-8-6(4-11)9-10-7/h5,11H,3-4H2,1-2H3,(H,8,9,10). The summed E-state index contributed by atoms with van der Waals surface area (Å²) in [6, 6.07) is 0. The zero-order valence-electron chi connectivity index (χ0n) is 7.24. The van der Waals surface area contributed by atoms with E-state index in [1.54, 1.807) is 7.11 Å². The highest BCUT2D eigenvalue weighted by Crippen LogP contribution is 2.14. The van der Waals surface area contributed by atoms with E-state index >= 15 is 0 Å². The van der Waals surface area contributed by atoms with Crippen molar-refractivity contribution in [3.8, 4) is 0 Å². The molecule has 5 heteroatoms. The number of aromatic amines is 1. The number of aliphatic hydroxyl groups is 1. The van der Waals surface area contributed by atoms with Gasteiger partial charge < -0.3 is 9.84 Å². The quantitative estimate of drug-likeness (QED) is 0.687. The van der Waals surface area contributed by atoms with Crippen LogP contribution in [-0.2, 0) is 11.3 Å². The number of aromatic nitrogens is 3. The van der Waals surface area contributed by atoms with Crippen molar-refractivity contribution in [3.05, 3.63) is 11.6 Å². The molecule has 0 aliphatic heterocycles. The number of nitrogens with zero attached hydrogens (tertiary/aromatic N) is 2. The number of aliphatic hydroxyl groups excluding tert-OH is 1. The van der Waals surface area contributed by atoms with Crippen molar-refractivity contribution in [3.63, 3.8) is 0 Å². The minimum atomic E-state index is -0.118. The maximum atomic E-state index is 8.70. The van der Waals surface area contributed by atoms with Gasteiger partial charge in [0, 0.05) is 7.11 Å². The van der Waals surface area contributed by atoms with Crippen LogP contribution in [0.25, 0.3) is 0 Å². The Balaban J connectivity index is 2.72. The molecule has 1 heterocycles. The highest BCUT2D eigenvalue weighted by Gasteiger charge is 2.12. The number of hydrogen-bond donors (Lipinski definition) is 2. The second-order valence-corrected chi connectivity index (χ2v) is 2.43. The predicted molar refractivity (Wildman–Crippen MR) is 42.3 cm³/mol. The lowest BCUT2D eigenvalue weighted by Crippen LogP contribution is -2.02. The van der Waals surface area contributed by atoms with Crippen LogP contribution in [0.2, 0.25) is 0 Å². The van der Waals surface area contributed by atoms with E-state index < -0.39 is 0 Å². The summed E-state index contributed by atoms with van der Waals surface area (Å²) in [5.41, 5.74) is 0. The molecule has 12 heavy (non-hydrogen) atoms. The van der Waals surface area contributed by atoms with Gasteiger partial charge in [0.05, 0.1) is 0 Å². The van der Waals surface area contributed by atoms with Crippen molar-refractivity contribution in [1.29, 1.82) is 0 Å². The summed E-state index contributed by atoms with van der Waals surface area (Å²) in [6.07, 6.45) is 0.737. The fourth-order valence-corrected chi connectivity index (χ4v) is 0.979. The van der Waals surface area contributed by atoms with Crippen molar-refractivity contribution < 1.29 is 9.84 Å². The van der Waals surface area contributed by atoms with Gasteiger partial charge >= 0.3 is 0 Å². The molecule has 68 valence electrons. The lowest BCUT2D eigenvalue weighted by molar-refractivity contribution is 0.0927. The summed E-state index contributed by atoms with van der Waals surface area (Å²) in [4.78, 5) is 4.03. The van der Waals surface area contributed by atoms with Crippen molar-refractivity contribution in [2.24, 2.45) is 0 Å². The largest absolute Gasteiger partial charge is 0.388 e. The molecule has 0 aromatic carbocycles. The van der Waals surface area contributed by atoms with Gasteiger partial charge in [0.1, 0.15) is 18.5 Å². The molecule has 0 fully saturated rings. The monoisotopic (exact) mass is 171 g/mol. The number of H-pyrrole nitrogens is 1. The van der Waals surface area contributed by atoms with Gasteiger partial charge in [-0.15, -0.1) is 0 Å². The van der Waals surface area contributed by atoms with Crippen LogP contribution in [0.3, 0.4) is 0 Å². The van der Waals surface area contributed by atoms with E-state index in [4.69, 9.17) is 9.84 Å². The molecule has 1 aromatic rings. The zero-order chi connectivity index (χ0) is 8.97. The first kappa shape index (κ1) is 9.15. The first-order valence-electron chi connectivity index (χ1n) is 3.86. The molecule has 2 N–H and O–H groups in total. The van der Waals surface area contributed by atoms with Crippen LogP contribution in [0.1, 0.15) is 31.1 Å². The van der Waals surface area contributed by atoms with Crippen LogP contribution in [0.5, 0.6) is 0 Å². The Kier molecular flexibility index (Phi) is 3.19. The molecule has 0 saturated carbocycles. The van der Waals surface area contributed by atoms with E-state index in [1.165, 1.54) is 0 Å². The van der Waals surface area contributed by atoms with Gasteiger partial charge in [-0.3, -0.25) is 5.10 Å². The maximum Gasteiger partial charge on any atom is 0.179 e. The summed E-state index contributed by atoms with van der Waals surface area (Å²) in [6.45, 7) is 1.87. The van der Waals surface area contributed by atoms with Gasteiger partial charge in [0.25, 0.3) is 0 Å². The third-order valence-corrected chi connectivity index (χ3v) is 1.64. The van der Waals surface area contributed by atoms with Crippen LogP contribution >= 0.6 is 0 Å². The summed E-state index contributed by atoms with van der Waals surface area (Å²) in [5.74, 6) is 1.07. The third-order valence-electron chi connectivity index (χ3n) is 1.64. The second-order valence-electron chi connectivity index (χ2n) is 2.43. The zero-order valence-corrected chi connectivity index (χ0v) is 7.24. The van der Waals surface area contributed by atoms with E-state index in [-0.39, 0.29) is 12.7 Å². The Morgan fingerprint density at radius 2 is 2.42 bits per heavy atom. The van der Waals surface area contributed by atoms with Gasteiger partial charge in [-0.2, -0.15) is 5.10 Å². The van der Waals surface area contributed by atoms with E-state index in [0.29, 0.717) is 11.6 Å². The molecule has 5 nitrogen and oxygen atoms in total. The van der Waals surface area contributed by atoms with Gasteiger partial charge in [0.15, 0.2) is 5.82 Å². The topological polar surface area (TPSA) is 71.0 Å². The Morgan fingerprint density at radius 1 is 1.67 bits per heavy atom. The molecule has 0 amide bonds. The van der Waals surface area contributed by atoms with E-state index in [9.17, 15) is 0 Å². The van der Waals surface area contributed by atoms with Crippen LogP contribution in [0.15, 0.2) is 0 Å². The fourth-order valence-electron chi connectivity index (χ4n) is 0.979. The molecule has 0 aliphatic rings. The normalized spacial score (nSPS) is 13.2. The molecule has 1 aromatic heterocycles. The minimum Gasteiger partial charge on any atom is -0.388 e. The number of methoxy groups -OCH3 is 1. The Labute approximate surface area is 70.8 Å². The number of nitrogens with one attached hydrogen (secondary N) is 1. The predicted octanol–water partition coefficient (Wildman–Crippen LogP) is 0.394. The first-order valence-corrected chi connectivity index (χ1v) is 3.86. The van der Waals surface area contributed by atoms with Gasteiger partial charge in [0.2, 0.25) is 0 Å². The van der Waals surface area contributed by atoms with E-state index in [0.717, 1.165) is 6.42 Å². The Hall–Kier alpha value is -0.940. The molecule has 1 unspecified atom stereocenters. The summed E-state index contributed by atoms with van der Waals surface area (Å²) in [5, 5.41) is 15.2. The van der Waals surface area contributed by atoms with Gasteiger partial charge in [-0.1, -0.05) is 6.92 Å². The minimum absolute atomic E-state index is 0.0819. The number of hydrogen-bond acceptors (Lipinski definition) is 4. The smallest absolute Gasteiger partial charge is 0.179 e. The average Bonchev–Trinajstić information content (AvgIpc) is 2.55. The maximum absolute atomic E-state index is 8.70. The average molecular weight is 171 g/mol. The molecule has 0 aliphatic carbocycles. The summed E-state index contributed by atoms with van der Waals surface area (Å²) < 4.78 is 5.12. The molecule has 1 atom stereocenters. The highest BCUT2D eigenvalue weighted by molar-refractivity contribution is 4.92. The molecular formula is C7H13N3O2. The summed E-state index contributed by atoms with van der Waals surface area (Å²) in [7, 11) is 1.61. The molecule has 0 radical (unpaired) electrons. The molecule has 1 rings (SSSR count). The van der Waals surface area contributed by atoms with Crippen LogP contribution in [-0.4, -0.2) is 27.4 Å². The number of ether oxygens (including phenoxy) is 1. The van der Waals surface area contributed by atoms with Crippen LogP contribution in [0, 0.1) is 0 Å². The highest BCUT2D eigenvalue weighted by atomic mass is 16.5. The van der Waals surface area contributed by atoms with Crippen molar-refractivity contribution >= 4 is 0 Å². The van der Waals surface area contributed by atoms with Crippen molar-refractivity contribution in [2.45, 2.75) is 26.1 Å².